The fourth-order valence-corrected chi connectivity index (χ4v) is 3.87. The number of amides is 2. The Labute approximate surface area is 191 Å². The maximum Gasteiger partial charge on any atom is 0.221 e. The summed E-state index contributed by atoms with van der Waals surface area (Å²) in [5, 5.41) is 5.69. The molecule has 29 heavy (non-hydrogen) atoms. The molecule has 6 nitrogen and oxygen atoms in total. The highest BCUT2D eigenvalue weighted by atomic mass is 127. The molecule has 170 valence electrons. The Bertz CT molecular complexity index is 447. The fourth-order valence-electron chi connectivity index (χ4n) is 3.12. The highest BCUT2D eigenvalue weighted by Gasteiger charge is 2.11. The molecule has 0 aromatic rings. The first-order valence-electron chi connectivity index (χ1n) is 11.4. The second-order valence-corrected chi connectivity index (χ2v) is 8.42. The van der Waals surface area contributed by atoms with Crippen molar-refractivity contribution in [2.45, 2.75) is 110 Å². The molecule has 0 unspecified atom stereocenters. The largest absolute Gasteiger partial charge is 0.356 e. The van der Waals surface area contributed by atoms with E-state index in [2.05, 4.69) is 21.1 Å². The van der Waals surface area contributed by atoms with Gasteiger partial charge in [-0.15, -0.1) is 0 Å². The maximum absolute atomic E-state index is 11.8. The number of hydrogen-bond donors (Lipinski definition) is 3. The maximum atomic E-state index is 11.8. The third kappa shape index (κ3) is 19.0. The third-order valence-corrected chi connectivity index (χ3v) is 5.80. The first-order chi connectivity index (χ1) is 14.0. The third-order valence-electron chi connectivity index (χ3n) is 5.05. The van der Waals surface area contributed by atoms with Crippen molar-refractivity contribution in [1.82, 2.24) is 14.2 Å². The minimum absolute atomic E-state index is 0.0384. The van der Waals surface area contributed by atoms with Gasteiger partial charge in [-0.3, -0.25) is 17.9 Å². The van der Waals surface area contributed by atoms with Crippen molar-refractivity contribution in [2.24, 2.45) is 0 Å². The van der Waals surface area contributed by atoms with Gasteiger partial charge < -0.3 is 10.6 Å². The van der Waals surface area contributed by atoms with E-state index in [1.54, 1.807) is 6.92 Å². The molecule has 0 bridgehead atoms. The molecule has 0 aliphatic carbocycles. The molecule has 0 saturated heterocycles. The van der Waals surface area contributed by atoms with Crippen molar-refractivity contribution < 1.29 is 14.4 Å². The number of nitrogens with one attached hydrogen (secondary N) is 3. The van der Waals surface area contributed by atoms with Crippen LogP contribution in [0.3, 0.4) is 0 Å². The molecular weight excluding hydrogens is 481 g/mol. The zero-order valence-corrected chi connectivity index (χ0v) is 20.7. The molecule has 0 aromatic carbocycles. The molecule has 0 rings (SSSR count). The van der Waals surface area contributed by atoms with Crippen molar-refractivity contribution in [3.05, 3.63) is 0 Å². The molecule has 0 aliphatic heterocycles. The Morgan fingerprint density at radius 1 is 0.724 bits per heavy atom. The van der Waals surface area contributed by atoms with Crippen LogP contribution in [0.4, 0.5) is 0 Å². The van der Waals surface area contributed by atoms with E-state index in [1.807, 2.05) is 22.9 Å². The van der Waals surface area contributed by atoms with E-state index in [4.69, 9.17) is 0 Å². The van der Waals surface area contributed by atoms with Crippen LogP contribution in [0.5, 0.6) is 0 Å². The SMILES string of the molecule is CCCCCCCCCCCC(=O)NCCC(=O)NCCCC[C@H](NI)C(C)=O. The number of carbonyl (C=O) groups is 3. The summed E-state index contributed by atoms with van der Waals surface area (Å²) >= 11 is 2.00. The van der Waals surface area contributed by atoms with Gasteiger partial charge in [0.05, 0.1) is 6.04 Å². The van der Waals surface area contributed by atoms with Gasteiger partial charge in [-0.2, -0.15) is 0 Å². The van der Waals surface area contributed by atoms with Crippen LogP contribution in [0.25, 0.3) is 0 Å². The fraction of sp³-hybridized carbons (Fsp3) is 0.864. The average Bonchev–Trinajstić information content (AvgIpc) is 2.69. The smallest absolute Gasteiger partial charge is 0.221 e. The lowest BCUT2D eigenvalue weighted by Crippen LogP contribution is -2.31. The summed E-state index contributed by atoms with van der Waals surface area (Å²) < 4.78 is 2.97. The van der Waals surface area contributed by atoms with E-state index >= 15 is 0 Å². The van der Waals surface area contributed by atoms with Crippen molar-refractivity contribution in [1.29, 1.82) is 0 Å². The molecule has 0 aromatic heterocycles. The summed E-state index contributed by atoms with van der Waals surface area (Å²) in [7, 11) is 0. The lowest BCUT2D eigenvalue weighted by molar-refractivity contribution is -0.122. The van der Waals surface area contributed by atoms with Crippen LogP contribution in [0, 0.1) is 0 Å². The van der Waals surface area contributed by atoms with Crippen molar-refractivity contribution >= 4 is 40.5 Å². The van der Waals surface area contributed by atoms with Gasteiger partial charge in [0.1, 0.15) is 5.78 Å². The van der Waals surface area contributed by atoms with Gasteiger partial charge in [-0.05, 0) is 32.6 Å². The molecule has 1 atom stereocenters. The lowest BCUT2D eigenvalue weighted by Gasteiger charge is -2.11. The topological polar surface area (TPSA) is 87.3 Å². The molecule has 0 aliphatic rings. The van der Waals surface area contributed by atoms with Gasteiger partial charge in [0, 0.05) is 48.8 Å². The zero-order chi connectivity index (χ0) is 21.7. The minimum Gasteiger partial charge on any atom is -0.356 e. The number of unbranched alkanes of at least 4 members (excludes halogenated alkanes) is 9. The number of carbonyl (C=O) groups excluding carboxylic acids is 3. The standard InChI is InChI=1S/C22H42IN3O3/c1-3-4-5-6-7-8-9-10-11-15-21(28)25-18-16-22(29)24-17-13-12-14-20(26-23)19(2)27/h20,26H,3-18H2,1-2H3,(H,24,29)(H,25,28)/t20-/m0/s1. The normalized spacial score (nSPS) is 11.8. The summed E-state index contributed by atoms with van der Waals surface area (Å²) in [5.74, 6) is 0.146. The molecule has 2 amide bonds. The van der Waals surface area contributed by atoms with Crippen LogP contribution < -0.4 is 14.2 Å². The van der Waals surface area contributed by atoms with E-state index in [-0.39, 0.29) is 23.6 Å². The Morgan fingerprint density at radius 3 is 1.86 bits per heavy atom. The lowest BCUT2D eigenvalue weighted by atomic mass is 10.1. The van der Waals surface area contributed by atoms with Crippen molar-refractivity contribution in [3.8, 4) is 0 Å². The molecule has 0 heterocycles. The predicted octanol–water partition coefficient (Wildman–Crippen LogP) is 4.60. The van der Waals surface area contributed by atoms with Crippen LogP contribution in [0.1, 0.15) is 104 Å². The van der Waals surface area contributed by atoms with Gasteiger partial charge in [-0.1, -0.05) is 58.3 Å². The van der Waals surface area contributed by atoms with E-state index in [0.29, 0.717) is 25.9 Å². The minimum atomic E-state index is -0.104. The molecule has 0 saturated carbocycles. The molecule has 0 fully saturated rings. The molecule has 0 radical (unpaired) electrons. The summed E-state index contributed by atoms with van der Waals surface area (Å²) in [6.45, 7) is 4.82. The Kier molecular flexibility index (Phi) is 20.1. The zero-order valence-electron chi connectivity index (χ0n) is 18.5. The number of Topliss-reactive ketones (excluding diaryl/α,β-unsaturated/α-hetero) is 1. The highest BCUT2D eigenvalue weighted by molar-refractivity contribution is 14.1. The average molecular weight is 524 g/mol. The van der Waals surface area contributed by atoms with Gasteiger partial charge in [0.2, 0.25) is 11.8 Å². The van der Waals surface area contributed by atoms with E-state index in [9.17, 15) is 14.4 Å². The van der Waals surface area contributed by atoms with E-state index in [1.165, 1.54) is 44.9 Å². The predicted molar refractivity (Wildman–Crippen MR) is 128 cm³/mol. The van der Waals surface area contributed by atoms with Crippen LogP contribution in [-0.2, 0) is 14.4 Å². The van der Waals surface area contributed by atoms with Gasteiger partial charge >= 0.3 is 0 Å². The first-order valence-corrected chi connectivity index (χ1v) is 12.5. The Morgan fingerprint density at radius 2 is 1.28 bits per heavy atom. The van der Waals surface area contributed by atoms with Gasteiger partial charge in [0.15, 0.2) is 0 Å². The van der Waals surface area contributed by atoms with Crippen LogP contribution in [0.2, 0.25) is 0 Å². The number of ketones is 1. The van der Waals surface area contributed by atoms with Gasteiger partial charge in [-0.25, -0.2) is 0 Å². The van der Waals surface area contributed by atoms with Crippen LogP contribution >= 0.6 is 22.9 Å². The summed E-state index contributed by atoms with van der Waals surface area (Å²) in [6, 6.07) is -0.104. The van der Waals surface area contributed by atoms with Crippen molar-refractivity contribution in [3.63, 3.8) is 0 Å². The number of halogens is 1. The summed E-state index contributed by atoms with van der Waals surface area (Å²) in [6.07, 6.45) is 14.5. The quantitative estimate of drug-likeness (QED) is 0.124. The Hall–Kier alpha value is -0.700. The molecule has 7 heteroatoms. The molecular formula is C22H42IN3O3. The van der Waals surface area contributed by atoms with Gasteiger partial charge in [0.25, 0.3) is 0 Å². The second kappa shape index (κ2) is 20.6. The van der Waals surface area contributed by atoms with Crippen LogP contribution in [0.15, 0.2) is 0 Å². The summed E-state index contributed by atoms with van der Waals surface area (Å²) in [4.78, 5) is 34.9. The summed E-state index contributed by atoms with van der Waals surface area (Å²) in [5.41, 5.74) is 0. The second-order valence-electron chi connectivity index (χ2n) is 7.80. The molecule has 0 spiro atoms. The Balaban J connectivity index is 3.46. The van der Waals surface area contributed by atoms with E-state index in [0.717, 1.165) is 32.1 Å². The highest BCUT2D eigenvalue weighted by Crippen LogP contribution is 2.10. The van der Waals surface area contributed by atoms with E-state index < -0.39 is 0 Å². The number of rotatable bonds is 20. The number of hydrogen-bond acceptors (Lipinski definition) is 4. The van der Waals surface area contributed by atoms with Crippen molar-refractivity contribution in [2.75, 3.05) is 13.1 Å². The first kappa shape index (κ1) is 28.3. The van der Waals surface area contributed by atoms with Crippen LogP contribution in [-0.4, -0.2) is 36.7 Å². The molecule has 3 N–H and O–H groups in total. The monoisotopic (exact) mass is 523 g/mol.